The highest BCUT2D eigenvalue weighted by molar-refractivity contribution is 6.30. The van der Waals surface area contributed by atoms with E-state index in [-0.39, 0.29) is 5.78 Å². The summed E-state index contributed by atoms with van der Waals surface area (Å²) in [5.41, 5.74) is 1.57. The van der Waals surface area contributed by atoms with E-state index < -0.39 is 0 Å². The van der Waals surface area contributed by atoms with Crippen LogP contribution in [0, 0.1) is 0 Å². The summed E-state index contributed by atoms with van der Waals surface area (Å²) < 4.78 is 0. The number of allylic oxidation sites excluding steroid dienone is 1. The molecule has 0 atom stereocenters. The molecular weight excluding hydrogens is 270 g/mol. The van der Waals surface area contributed by atoms with Gasteiger partial charge in [-0.05, 0) is 31.0 Å². The van der Waals surface area contributed by atoms with Crippen LogP contribution in [-0.4, -0.2) is 12.3 Å². The molecule has 0 aromatic heterocycles. The first-order valence-corrected chi connectivity index (χ1v) is 7.73. The first-order valence-electron chi connectivity index (χ1n) is 7.35. The third-order valence-electron chi connectivity index (χ3n) is 2.18. The number of ketones is 1. The van der Waals surface area contributed by atoms with E-state index in [2.05, 4.69) is 12.2 Å². The number of rotatable bonds is 5. The molecule has 1 rings (SSSR count). The van der Waals surface area contributed by atoms with E-state index in [1.54, 1.807) is 25.3 Å². The molecular formula is C17H28ClNO. The standard InChI is InChI=1S/C13H16ClNO.2C2H6/c1-3-8-15-9-13(10(2)16)11-4-6-12(14)7-5-11;2*1-2/h4-7,9,15H,3,8H2,1-2H3;2*1-2H3/b13-9-;;. The summed E-state index contributed by atoms with van der Waals surface area (Å²) in [6.07, 6.45) is 2.80. The number of hydrogen-bond donors (Lipinski definition) is 1. The lowest BCUT2D eigenvalue weighted by molar-refractivity contribution is -0.111. The normalized spacial score (nSPS) is 9.65. The topological polar surface area (TPSA) is 29.1 Å². The number of carbonyl (C=O) groups is 1. The number of nitrogens with one attached hydrogen (secondary N) is 1. The van der Waals surface area contributed by atoms with Crippen LogP contribution in [0.4, 0.5) is 0 Å². The maximum absolute atomic E-state index is 11.5. The lowest BCUT2D eigenvalue weighted by atomic mass is 10.0. The molecule has 0 saturated heterocycles. The molecule has 0 bridgehead atoms. The monoisotopic (exact) mass is 297 g/mol. The van der Waals surface area contributed by atoms with Gasteiger partial charge in [-0.25, -0.2) is 0 Å². The maximum atomic E-state index is 11.5. The third kappa shape index (κ3) is 8.76. The van der Waals surface area contributed by atoms with Crippen molar-refractivity contribution >= 4 is 23.0 Å². The average molecular weight is 298 g/mol. The first kappa shape index (κ1) is 21.0. The smallest absolute Gasteiger partial charge is 0.161 e. The Morgan fingerprint density at radius 2 is 1.65 bits per heavy atom. The molecule has 0 spiro atoms. The molecule has 0 aliphatic carbocycles. The minimum Gasteiger partial charge on any atom is -0.390 e. The largest absolute Gasteiger partial charge is 0.390 e. The van der Waals surface area contributed by atoms with Crippen molar-refractivity contribution in [2.75, 3.05) is 6.54 Å². The predicted octanol–water partition coefficient (Wildman–Crippen LogP) is 5.32. The summed E-state index contributed by atoms with van der Waals surface area (Å²) in [4.78, 5) is 11.5. The fraction of sp³-hybridized carbons (Fsp3) is 0.471. The van der Waals surface area contributed by atoms with Gasteiger partial charge in [-0.3, -0.25) is 4.79 Å². The van der Waals surface area contributed by atoms with Crippen molar-refractivity contribution < 1.29 is 4.79 Å². The van der Waals surface area contributed by atoms with Gasteiger partial charge in [0.25, 0.3) is 0 Å². The lowest BCUT2D eigenvalue weighted by Crippen LogP contribution is -2.09. The quantitative estimate of drug-likeness (QED) is 0.588. The summed E-state index contributed by atoms with van der Waals surface area (Å²) in [5.74, 6) is 0.0472. The van der Waals surface area contributed by atoms with Gasteiger partial charge in [-0.2, -0.15) is 0 Å². The number of benzene rings is 1. The molecule has 0 aliphatic heterocycles. The minimum atomic E-state index is 0.0472. The van der Waals surface area contributed by atoms with Gasteiger partial charge < -0.3 is 5.32 Å². The van der Waals surface area contributed by atoms with Crippen LogP contribution >= 0.6 is 11.6 Å². The second kappa shape index (κ2) is 14.1. The van der Waals surface area contributed by atoms with E-state index in [0.29, 0.717) is 10.6 Å². The van der Waals surface area contributed by atoms with Crippen molar-refractivity contribution in [3.8, 4) is 0 Å². The molecule has 114 valence electrons. The Balaban J connectivity index is 0. The number of Topliss-reactive ketones (excluding diaryl/α,β-unsaturated/α-hetero) is 1. The van der Waals surface area contributed by atoms with E-state index in [9.17, 15) is 4.79 Å². The SMILES string of the molecule is CC.CC.CCCN/C=C(/C(C)=O)c1ccc(Cl)cc1. The van der Waals surface area contributed by atoms with Crippen molar-refractivity contribution in [3.63, 3.8) is 0 Å². The summed E-state index contributed by atoms with van der Waals surface area (Å²) >= 11 is 5.80. The maximum Gasteiger partial charge on any atom is 0.161 e. The van der Waals surface area contributed by atoms with Crippen molar-refractivity contribution in [1.29, 1.82) is 0 Å². The highest BCUT2D eigenvalue weighted by Crippen LogP contribution is 2.17. The van der Waals surface area contributed by atoms with E-state index in [0.717, 1.165) is 18.5 Å². The fourth-order valence-electron chi connectivity index (χ4n) is 1.34. The first-order chi connectivity index (χ1) is 9.65. The molecule has 3 heteroatoms. The van der Waals surface area contributed by atoms with Crippen LogP contribution < -0.4 is 5.32 Å². The van der Waals surface area contributed by atoms with Crippen LogP contribution in [0.5, 0.6) is 0 Å². The molecule has 20 heavy (non-hydrogen) atoms. The van der Waals surface area contributed by atoms with Crippen LogP contribution in [0.2, 0.25) is 5.02 Å². The Labute approximate surface area is 129 Å². The van der Waals surface area contributed by atoms with E-state index in [1.165, 1.54) is 0 Å². The fourth-order valence-corrected chi connectivity index (χ4v) is 1.46. The molecule has 0 unspecified atom stereocenters. The van der Waals surface area contributed by atoms with Gasteiger partial charge in [-0.1, -0.05) is 58.4 Å². The molecule has 0 saturated carbocycles. The lowest BCUT2D eigenvalue weighted by Gasteiger charge is -2.05. The minimum absolute atomic E-state index is 0.0472. The Hall–Kier alpha value is -1.28. The van der Waals surface area contributed by atoms with Gasteiger partial charge in [0.15, 0.2) is 5.78 Å². The molecule has 1 aromatic rings. The second-order valence-corrected chi connectivity index (χ2v) is 4.01. The van der Waals surface area contributed by atoms with Crippen LogP contribution in [0.25, 0.3) is 5.57 Å². The van der Waals surface area contributed by atoms with Gasteiger partial charge in [-0.15, -0.1) is 0 Å². The van der Waals surface area contributed by atoms with Crippen molar-refractivity contribution in [3.05, 3.63) is 41.1 Å². The summed E-state index contributed by atoms with van der Waals surface area (Å²) in [7, 11) is 0. The zero-order valence-corrected chi connectivity index (χ0v) is 14.3. The number of halogens is 1. The summed E-state index contributed by atoms with van der Waals surface area (Å²) in [6.45, 7) is 12.5. The van der Waals surface area contributed by atoms with E-state index in [4.69, 9.17) is 11.6 Å². The molecule has 1 aromatic carbocycles. The van der Waals surface area contributed by atoms with Crippen molar-refractivity contribution in [1.82, 2.24) is 5.32 Å². The Kier molecular flexibility index (Phi) is 14.9. The zero-order valence-electron chi connectivity index (χ0n) is 13.6. The Bertz CT molecular complexity index is 382. The van der Waals surface area contributed by atoms with Crippen LogP contribution in [0.15, 0.2) is 30.5 Å². The van der Waals surface area contributed by atoms with E-state index in [1.807, 2.05) is 39.8 Å². The highest BCUT2D eigenvalue weighted by Gasteiger charge is 2.06. The van der Waals surface area contributed by atoms with E-state index >= 15 is 0 Å². The Morgan fingerprint density at radius 1 is 1.15 bits per heavy atom. The number of hydrogen-bond acceptors (Lipinski definition) is 2. The Morgan fingerprint density at radius 3 is 2.05 bits per heavy atom. The van der Waals surface area contributed by atoms with Gasteiger partial charge in [0.05, 0.1) is 0 Å². The van der Waals surface area contributed by atoms with Gasteiger partial charge >= 0.3 is 0 Å². The van der Waals surface area contributed by atoms with Gasteiger partial charge in [0.2, 0.25) is 0 Å². The molecule has 2 nitrogen and oxygen atoms in total. The number of carbonyl (C=O) groups excluding carboxylic acids is 1. The van der Waals surface area contributed by atoms with Crippen LogP contribution in [-0.2, 0) is 4.79 Å². The third-order valence-corrected chi connectivity index (χ3v) is 2.43. The highest BCUT2D eigenvalue weighted by atomic mass is 35.5. The second-order valence-electron chi connectivity index (χ2n) is 3.58. The van der Waals surface area contributed by atoms with Gasteiger partial charge in [0.1, 0.15) is 0 Å². The van der Waals surface area contributed by atoms with Crippen molar-refractivity contribution in [2.45, 2.75) is 48.0 Å². The predicted molar refractivity (Wildman–Crippen MR) is 91.1 cm³/mol. The van der Waals surface area contributed by atoms with Crippen LogP contribution in [0.3, 0.4) is 0 Å². The average Bonchev–Trinajstić information content (AvgIpc) is 2.49. The zero-order chi connectivity index (χ0) is 16.0. The molecule has 0 amide bonds. The van der Waals surface area contributed by atoms with Gasteiger partial charge in [0, 0.05) is 23.3 Å². The molecule has 0 fully saturated rings. The summed E-state index contributed by atoms with van der Waals surface area (Å²) in [6, 6.07) is 7.27. The molecule has 1 N–H and O–H groups in total. The molecule has 0 heterocycles. The van der Waals surface area contributed by atoms with Crippen molar-refractivity contribution in [2.24, 2.45) is 0 Å². The molecule has 0 radical (unpaired) electrons. The molecule has 0 aliphatic rings. The summed E-state index contributed by atoms with van der Waals surface area (Å²) in [5, 5.41) is 3.79. The van der Waals surface area contributed by atoms with Crippen LogP contribution in [0.1, 0.15) is 53.5 Å².